The number of benzene rings is 1. The van der Waals surface area contributed by atoms with Crippen LogP contribution < -0.4 is 0 Å². The summed E-state index contributed by atoms with van der Waals surface area (Å²) in [4.78, 5) is 22.1. The van der Waals surface area contributed by atoms with Crippen LogP contribution in [0.4, 0.5) is 13.2 Å². The van der Waals surface area contributed by atoms with E-state index in [1.54, 1.807) is 22.6 Å². The number of ether oxygens (including phenoxy) is 2. The van der Waals surface area contributed by atoms with Crippen molar-refractivity contribution in [2.75, 3.05) is 7.11 Å². The first-order valence-electron chi connectivity index (χ1n) is 5.28. The fraction of sp³-hybridized carbons (Fsp3) is 0.333. The highest BCUT2D eigenvalue weighted by molar-refractivity contribution is 14.1. The van der Waals surface area contributed by atoms with Crippen LogP contribution in [0.3, 0.4) is 0 Å². The van der Waals surface area contributed by atoms with Crippen LogP contribution in [0.25, 0.3) is 0 Å². The predicted molar refractivity (Wildman–Crippen MR) is 71.0 cm³/mol. The van der Waals surface area contributed by atoms with Crippen LogP contribution in [0, 0.1) is 3.57 Å². The highest BCUT2D eigenvalue weighted by Gasteiger charge is 2.36. The Hall–Kier alpha value is -1.32. The number of alkyl halides is 3. The summed E-state index contributed by atoms with van der Waals surface area (Å²) < 4.78 is 48.2. The highest BCUT2D eigenvalue weighted by atomic mass is 127. The number of hydrogen-bond donors (Lipinski definition) is 0. The zero-order chi connectivity index (χ0) is 15.5. The molecule has 0 saturated carbocycles. The Morgan fingerprint density at radius 2 is 1.90 bits per heavy atom. The van der Waals surface area contributed by atoms with E-state index in [-0.39, 0.29) is 12.2 Å². The molecule has 0 aliphatic heterocycles. The molecule has 0 heterocycles. The first kappa shape index (κ1) is 16.7. The van der Waals surface area contributed by atoms with Gasteiger partial charge in [0, 0.05) is 16.1 Å². The average Bonchev–Trinajstić information content (AvgIpc) is 2.34. The smallest absolute Gasteiger partial charge is 0.417 e. The molecular weight excluding hydrogens is 392 g/mol. The van der Waals surface area contributed by atoms with Gasteiger partial charge in [-0.3, -0.25) is 4.79 Å². The Morgan fingerprint density at radius 3 is 2.35 bits per heavy atom. The molecule has 0 saturated heterocycles. The summed E-state index contributed by atoms with van der Waals surface area (Å²) in [6, 6.07) is 1.85. The molecule has 0 aliphatic carbocycles. The van der Waals surface area contributed by atoms with Crippen molar-refractivity contribution in [1.29, 1.82) is 0 Å². The van der Waals surface area contributed by atoms with Crippen LogP contribution in [0.2, 0.25) is 0 Å². The summed E-state index contributed by atoms with van der Waals surface area (Å²) in [7, 11) is 1.00. The first-order chi connectivity index (χ1) is 9.16. The van der Waals surface area contributed by atoms with E-state index in [9.17, 15) is 22.8 Å². The molecule has 0 aliphatic rings. The minimum Gasteiger partial charge on any atom is -0.465 e. The Balaban J connectivity index is 3.32. The van der Waals surface area contributed by atoms with E-state index in [1.165, 1.54) is 0 Å². The summed E-state index contributed by atoms with van der Waals surface area (Å²) in [6.07, 6.45) is -4.71. The van der Waals surface area contributed by atoms with E-state index in [0.29, 0.717) is 3.57 Å². The number of esters is 2. The van der Waals surface area contributed by atoms with Crippen molar-refractivity contribution in [2.45, 2.75) is 19.7 Å². The fourth-order valence-electron chi connectivity index (χ4n) is 1.42. The lowest BCUT2D eigenvalue weighted by Crippen LogP contribution is -2.16. The Bertz CT molecular complexity index is 540. The summed E-state index contributed by atoms with van der Waals surface area (Å²) >= 11 is 1.76. The molecule has 0 amide bonds. The Morgan fingerprint density at radius 1 is 1.30 bits per heavy atom. The molecule has 0 bridgehead atoms. The largest absolute Gasteiger partial charge is 0.465 e. The number of halogens is 4. The molecular formula is C12H10F3IO4. The van der Waals surface area contributed by atoms with Crippen LogP contribution in [0.15, 0.2) is 12.1 Å². The number of carbonyl (C=O) groups is 2. The van der Waals surface area contributed by atoms with Gasteiger partial charge in [-0.25, -0.2) is 4.79 Å². The summed E-state index contributed by atoms with van der Waals surface area (Å²) in [5.41, 5.74) is -1.52. The van der Waals surface area contributed by atoms with Crippen LogP contribution in [0.5, 0.6) is 0 Å². The molecule has 0 unspecified atom stereocenters. The number of rotatable bonds is 3. The molecule has 1 aromatic carbocycles. The minimum absolute atomic E-state index is 0.167. The third-order valence-corrected chi connectivity index (χ3v) is 3.33. The SMILES string of the molecule is COC(=O)c1cc(I)c(COC(C)=O)cc1C(F)(F)F. The van der Waals surface area contributed by atoms with Gasteiger partial charge in [0.25, 0.3) is 0 Å². The molecule has 8 heteroatoms. The van der Waals surface area contributed by atoms with Gasteiger partial charge < -0.3 is 9.47 Å². The van der Waals surface area contributed by atoms with Gasteiger partial charge in [0.2, 0.25) is 0 Å². The van der Waals surface area contributed by atoms with E-state index in [0.717, 1.165) is 26.2 Å². The van der Waals surface area contributed by atoms with Gasteiger partial charge in [-0.2, -0.15) is 13.2 Å². The van der Waals surface area contributed by atoms with Crippen molar-refractivity contribution >= 4 is 34.5 Å². The monoisotopic (exact) mass is 402 g/mol. The second-order valence-corrected chi connectivity index (χ2v) is 4.92. The van der Waals surface area contributed by atoms with Crippen LogP contribution >= 0.6 is 22.6 Å². The predicted octanol–water partition coefficient (Wildman–Crippen LogP) is 3.16. The third kappa shape index (κ3) is 4.09. The van der Waals surface area contributed by atoms with Gasteiger partial charge in [-0.05, 0) is 34.7 Å². The topological polar surface area (TPSA) is 52.6 Å². The van der Waals surface area contributed by atoms with Crippen molar-refractivity contribution in [3.05, 3.63) is 32.4 Å². The zero-order valence-corrected chi connectivity index (χ0v) is 12.7. The molecule has 20 heavy (non-hydrogen) atoms. The normalized spacial score (nSPS) is 11.1. The van der Waals surface area contributed by atoms with Crippen LogP contribution in [0.1, 0.15) is 28.4 Å². The van der Waals surface area contributed by atoms with Crippen molar-refractivity contribution in [1.82, 2.24) is 0 Å². The maximum absolute atomic E-state index is 12.9. The summed E-state index contributed by atoms with van der Waals surface area (Å²) in [5.74, 6) is -1.68. The van der Waals surface area contributed by atoms with Crippen LogP contribution in [-0.4, -0.2) is 19.0 Å². The number of carbonyl (C=O) groups excluding carboxylic acids is 2. The van der Waals surface area contributed by atoms with Crippen molar-refractivity contribution in [3.8, 4) is 0 Å². The summed E-state index contributed by atoms with van der Waals surface area (Å²) in [6.45, 7) is 0.860. The second kappa shape index (κ2) is 6.42. The Kier molecular flexibility index (Phi) is 5.37. The van der Waals surface area contributed by atoms with Crippen molar-refractivity contribution in [3.63, 3.8) is 0 Å². The van der Waals surface area contributed by atoms with E-state index in [4.69, 9.17) is 0 Å². The van der Waals surface area contributed by atoms with Gasteiger partial charge in [-0.15, -0.1) is 0 Å². The maximum Gasteiger partial charge on any atom is 0.417 e. The first-order valence-corrected chi connectivity index (χ1v) is 6.36. The molecule has 1 rings (SSSR count). The van der Waals surface area contributed by atoms with Gasteiger partial charge in [0.15, 0.2) is 0 Å². The van der Waals surface area contributed by atoms with E-state index in [1.807, 2.05) is 0 Å². The third-order valence-electron chi connectivity index (χ3n) is 2.33. The van der Waals surface area contributed by atoms with Gasteiger partial charge in [0.1, 0.15) is 6.61 Å². The van der Waals surface area contributed by atoms with Gasteiger partial charge in [-0.1, -0.05) is 0 Å². The molecule has 0 spiro atoms. The molecule has 0 fully saturated rings. The molecule has 1 aromatic rings. The van der Waals surface area contributed by atoms with Crippen LogP contribution in [-0.2, 0) is 27.1 Å². The standard InChI is InChI=1S/C12H10F3IO4/c1-6(17)20-5-7-3-9(12(13,14)15)8(4-10(7)16)11(18)19-2/h3-4H,5H2,1-2H3. The maximum atomic E-state index is 12.9. The lowest BCUT2D eigenvalue weighted by Gasteiger charge is -2.14. The second-order valence-electron chi connectivity index (χ2n) is 3.76. The molecule has 110 valence electrons. The lowest BCUT2D eigenvalue weighted by molar-refractivity contribution is -0.142. The Labute approximate surface area is 126 Å². The highest BCUT2D eigenvalue weighted by Crippen LogP contribution is 2.34. The van der Waals surface area contributed by atoms with Crippen molar-refractivity contribution < 1.29 is 32.2 Å². The number of methoxy groups -OCH3 is 1. The molecule has 4 nitrogen and oxygen atoms in total. The lowest BCUT2D eigenvalue weighted by atomic mass is 10.0. The van der Waals surface area contributed by atoms with Gasteiger partial charge in [0.05, 0.1) is 18.2 Å². The molecule has 0 aromatic heterocycles. The molecule has 0 atom stereocenters. The van der Waals surface area contributed by atoms with Crippen molar-refractivity contribution in [2.24, 2.45) is 0 Å². The van der Waals surface area contributed by atoms with Gasteiger partial charge >= 0.3 is 18.1 Å². The summed E-state index contributed by atoms with van der Waals surface area (Å²) in [5, 5.41) is 0. The quantitative estimate of drug-likeness (QED) is 0.576. The van der Waals surface area contributed by atoms with E-state index in [2.05, 4.69) is 9.47 Å². The van der Waals surface area contributed by atoms with E-state index < -0.39 is 29.2 Å². The van der Waals surface area contributed by atoms with E-state index >= 15 is 0 Å². The fourth-order valence-corrected chi connectivity index (χ4v) is 2.04. The average molecular weight is 402 g/mol. The minimum atomic E-state index is -4.71. The molecule has 0 N–H and O–H groups in total. The number of hydrogen-bond acceptors (Lipinski definition) is 4. The molecule has 0 radical (unpaired) electrons. The zero-order valence-electron chi connectivity index (χ0n) is 10.5.